The molecule has 0 aromatic carbocycles. The highest BCUT2D eigenvalue weighted by atomic mass is 32.2. The third kappa shape index (κ3) is 3.76. The lowest BCUT2D eigenvalue weighted by Gasteiger charge is -2.13. The van der Waals surface area contributed by atoms with Crippen molar-refractivity contribution in [3.8, 4) is 0 Å². The molecule has 11 heteroatoms. The van der Waals surface area contributed by atoms with Gasteiger partial charge < -0.3 is 11.5 Å². The molecule has 1 aliphatic carbocycles. The molecule has 0 amide bonds. The number of Topliss-reactive ketones (excluding diaryl/α,β-unsaturated/α-hetero) is 1. The Morgan fingerprint density at radius 1 is 1.19 bits per heavy atom. The Morgan fingerprint density at radius 3 is 2.68 bits per heavy atom. The molecule has 0 aliphatic heterocycles. The van der Waals surface area contributed by atoms with Crippen LogP contribution in [-0.4, -0.2) is 30.6 Å². The summed E-state index contributed by atoms with van der Waals surface area (Å²) in [6.07, 6.45) is 4.97. The van der Waals surface area contributed by atoms with Crippen LogP contribution >= 0.6 is 23.1 Å². The number of nitrogen functional groups attached to an aromatic ring is 2. The second kappa shape index (κ2) is 8.46. The van der Waals surface area contributed by atoms with Crippen molar-refractivity contribution >= 4 is 50.7 Å². The van der Waals surface area contributed by atoms with E-state index >= 15 is 0 Å². The van der Waals surface area contributed by atoms with E-state index in [0.717, 1.165) is 45.8 Å². The van der Waals surface area contributed by atoms with Gasteiger partial charge in [0.05, 0.1) is 11.1 Å². The SMILES string of the molecule is CCCn1c(N)c(C(=O)CSc2nc(N)c3c4c(sc3n2)CCCC4)c(=O)n(C)c1=O. The molecule has 3 aromatic rings. The Morgan fingerprint density at radius 2 is 1.94 bits per heavy atom. The maximum absolute atomic E-state index is 12.9. The number of aromatic nitrogens is 4. The number of carbonyl (C=O) groups is 1. The summed E-state index contributed by atoms with van der Waals surface area (Å²) < 4.78 is 2.18. The van der Waals surface area contributed by atoms with Gasteiger partial charge >= 0.3 is 5.69 Å². The Hall–Kier alpha value is -2.66. The molecule has 3 heterocycles. The first-order valence-electron chi connectivity index (χ1n) is 10.2. The zero-order chi connectivity index (χ0) is 22.3. The van der Waals surface area contributed by atoms with Crippen LogP contribution in [0.4, 0.5) is 11.6 Å². The van der Waals surface area contributed by atoms with Crippen molar-refractivity contribution in [3.05, 3.63) is 36.8 Å². The summed E-state index contributed by atoms with van der Waals surface area (Å²) in [4.78, 5) is 48.9. The Balaban J connectivity index is 1.63. The smallest absolute Gasteiger partial charge is 0.332 e. The lowest BCUT2D eigenvalue weighted by Crippen LogP contribution is -2.42. The predicted octanol–water partition coefficient (Wildman–Crippen LogP) is 1.98. The molecule has 0 atom stereocenters. The highest BCUT2D eigenvalue weighted by Gasteiger charge is 2.23. The van der Waals surface area contributed by atoms with Crippen LogP contribution in [0.25, 0.3) is 10.2 Å². The van der Waals surface area contributed by atoms with E-state index in [2.05, 4.69) is 9.97 Å². The largest absolute Gasteiger partial charge is 0.384 e. The average Bonchev–Trinajstić information content (AvgIpc) is 3.13. The van der Waals surface area contributed by atoms with Gasteiger partial charge in [-0.25, -0.2) is 14.8 Å². The topological polar surface area (TPSA) is 139 Å². The average molecular weight is 461 g/mol. The Bertz CT molecular complexity index is 1310. The minimum absolute atomic E-state index is 0.0835. The van der Waals surface area contributed by atoms with Crippen LogP contribution in [0.1, 0.15) is 47.0 Å². The number of fused-ring (bicyclic) bond motifs is 3. The molecule has 9 nitrogen and oxygen atoms in total. The van der Waals surface area contributed by atoms with Crippen molar-refractivity contribution in [1.82, 2.24) is 19.1 Å². The first kappa shape index (κ1) is 21.6. The molecule has 0 bridgehead atoms. The van der Waals surface area contributed by atoms with Crippen LogP contribution in [-0.2, 0) is 26.4 Å². The molecule has 0 saturated carbocycles. The maximum Gasteiger partial charge on any atom is 0.332 e. The van der Waals surface area contributed by atoms with Gasteiger partial charge in [0.25, 0.3) is 5.56 Å². The first-order chi connectivity index (χ1) is 14.8. The lowest BCUT2D eigenvalue weighted by molar-refractivity contribution is 0.102. The van der Waals surface area contributed by atoms with Crippen LogP contribution in [0.15, 0.2) is 14.7 Å². The first-order valence-corrected chi connectivity index (χ1v) is 12.0. The molecule has 0 fully saturated rings. The van der Waals surface area contributed by atoms with Crippen LogP contribution in [0.5, 0.6) is 0 Å². The third-order valence-electron chi connectivity index (χ3n) is 5.46. The molecule has 3 aromatic heterocycles. The number of rotatable bonds is 6. The monoisotopic (exact) mass is 460 g/mol. The standard InChI is InChI=1S/C20H24N6O3S2/c1-3-8-26-16(22)14(18(28)25(2)20(26)29)11(27)9-30-19-23-15(21)13-10-6-4-5-7-12(10)31-17(13)24-19/h3-9,22H2,1-2H3,(H2,21,23,24). The normalized spacial score (nSPS) is 13.5. The van der Waals surface area contributed by atoms with Crippen molar-refractivity contribution in [2.75, 3.05) is 17.2 Å². The Kier molecular flexibility index (Phi) is 5.89. The van der Waals surface area contributed by atoms with Crippen molar-refractivity contribution < 1.29 is 4.79 Å². The number of thiophene rings is 1. The summed E-state index contributed by atoms with van der Waals surface area (Å²) in [6.45, 7) is 2.21. The van der Waals surface area contributed by atoms with Crippen LogP contribution in [0.3, 0.4) is 0 Å². The van der Waals surface area contributed by atoms with E-state index < -0.39 is 17.0 Å². The fraction of sp³-hybridized carbons (Fsp3) is 0.450. The summed E-state index contributed by atoms with van der Waals surface area (Å²) in [6, 6.07) is 0. The number of hydrogen-bond donors (Lipinski definition) is 2. The molecule has 0 spiro atoms. The minimum Gasteiger partial charge on any atom is -0.384 e. The highest BCUT2D eigenvalue weighted by molar-refractivity contribution is 7.99. The van der Waals surface area contributed by atoms with Gasteiger partial charge in [-0.1, -0.05) is 18.7 Å². The van der Waals surface area contributed by atoms with E-state index in [1.54, 1.807) is 11.3 Å². The van der Waals surface area contributed by atoms with Gasteiger partial charge in [0.1, 0.15) is 22.0 Å². The van der Waals surface area contributed by atoms with Crippen LogP contribution in [0, 0.1) is 0 Å². The molecule has 31 heavy (non-hydrogen) atoms. The van der Waals surface area contributed by atoms with Gasteiger partial charge in [-0.3, -0.25) is 18.7 Å². The summed E-state index contributed by atoms with van der Waals surface area (Å²) in [7, 11) is 1.34. The number of ketones is 1. The zero-order valence-corrected chi connectivity index (χ0v) is 19.1. The second-order valence-corrected chi connectivity index (χ2v) is 9.58. The number of thioether (sulfide) groups is 1. The molecular weight excluding hydrogens is 436 g/mol. The van der Waals surface area contributed by atoms with Crippen LogP contribution < -0.4 is 22.7 Å². The second-order valence-electron chi connectivity index (χ2n) is 7.55. The quantitative estimate of drug-likeness (QED) is 0.323. The van der Waals surface area contributed by atoms with Crippen molar-refractivity contribution in [2.24, 2.45) is 7.05 Å². The summed E-state index contributed by atoms with van der Waals surface area (Å²) in [5.41, 5.74) is 12.1. The molecule has 0 unspecified atom stereocenters. The van der Waals surface area contributed by atoms with E-state index in [-0.39, 0.29) is 17.1 Å². The summed E-state index contributed by atoms with van der Waals surface area (Å²) in [5.74, 6) is -0.228. The zero-order valence-electron chi connectivity index (χ0n) is 17.4. The van der Waals surface area contributed by atoms with Gasteiger partial charge in [-0.2, -0.15) is 0 Å². The number of nitrogens with two attached hydrogens (primary N) is 2. The summed E-state index contributed by atoms with van der Waals surface area (Å²) in [5, 5.41) is 1.31. The minimum atomic E-state index is -0.692. The fourth-order valence-electron chi connectivity index (χ4n) is 3.92. The fourth-order valence-corrected chi connectivity index (χ4v) is 5.97. The van der Waals surface area contributed by atoms with Gasteiger partial charge in [-0.15, -0.1) is 11.3 Å². The van der Waals surface area contributed by atoms with E-state index in [0.29, 0.717) is 23.9 Å². The molecular formula is C20H24N6O3S2. The van der Waals surface area contributed by atoms with E-state index in [4.69, 9.17) is 11.5 Å². The molecule has 4 rings (SSSR count). The Labute approximate surface area is 186 Å². The number of carbonyl (C=O) groups excluding carboxylic acids is 1. The molecule has 4 N–H and O–H groups in total. The number of nitrogens with zero attached hydrogens (tertiary/aromatic N) is 4. The van der Waals surface area contributed by atoms with E-state index in [1.165, 1.54) is 28.5 Å². The van der Waals surface area contributed by atoms with Crippen molar-refractivity contribution in [3.63, 3.8) is 0 Å². The highest BCUT2D eigenvalue weighted by Crippen LogP contribution is 2.38. The summed E-state index contributed by atoms with van der Waals surface area (Å²) >= 11 is 2.74. The number of hydrogen-bond acceptors (Lipinski definition) is 9. The predicted molar refractivity (Wildman–Crippen MR) is 124 cm³/mol. The van der Waals surface area contributed by atoms with Crippen LogP contribution in [0.2, 0.25) is 0 Å². The molecule has 1 aliphatic rings. The maximum atomic E-state index is 12.9. The van der Waals surface area contributed by atoms with Crippen molar-refractivity contribution in [2.45, 2.75) is 50.7 Å². The lowest BCUT2D eigenvalue weighted by atomic mass is 9.97. The molecule has 164 valence electrons. The van der Waals surface area contributed by atoms with Gasteiger partial charge in [0, 0.05) is 18.5 Å². The van der Waals surface area contributed by atoms with Gasteiger partial charge in [-0.05, 0) is 37.7 Å². The van der Waals surface area contributed by atoms with E-state index in [9.17, 15) is 14.4 Å². The van der Waals surface area contributed by atoms with Gasteiger partial charge in [0.2, 0.25) is 0 Å². The molecule has 0 radical (unpaired) electrons. The van der Waals surface area contributed by atoms with E-state index in [1.807, 2.05) is 6.92 Å². The molecule has 0 saturated heterocycles. The third-order valence-corrected chi connectivity index (χ3v) is 7.50. The number of anilines is 2. The van der Waals surface area contributed by atoms with Crippen molar-refractivity contribution in [1.29, 1.82) is 0 Å². The van der Waals surface area contributed by atoms with Gasteiger partial charge in [0.15, 0.2) is 10.9 Å². The number of aryl methyl sites for hydroxylation is 2.